The first-order valence-electron chi connectivity index (χ1n) is 6.37. The van der Waals surface area contributed by atoms with E-state index in [1.807, 2.05) is 19.3 Å². The minimum absolute atomic E-state index is 0.193. The summed E-state index contributed by atoms with van der Waals surface area (Å²) in [5.41, 5.74) is 9.23. The van der Waals surface area contributed by atoms with Gasteiger partial charge in [0.2, 0.25) is 5.71 Å². The van der Waals surface area contributed by atoms with Gasteiger partial charge in [0.25, 0.3) is 0 Å². The number of amidine groups is 1. The Hall–Kier alpha value is -3.34. The second kappa shape index (κ2) is 6.90. The third-order valence-electron chi connectivity index (χ3n) is 2.69. The average molecular weight is 297 g/mol. The van der Waals surface area contributed by atoms with Crippen molar-refractivity contribution >= 4 is 17.2 Å². The lowest BCUT2D eigenvalue weighted by Gasteiger charge is -2.10. The first kappa shape index (κ1) is 15.1. The SMILES string of the molecule is Cn1cc(COc2ccccc2N/N=C(\C#N)C(=N)N)cn1. The number of nitriles is 1. The van der Waals surface area contributed by atoms with Gasteiger partial charge in [0.1, 0.15) is 18.4 Å². The minimum Gasteiger partial charge on any atom is -0.487 e. The molecule has 0 aliphatic rings. The van der Waals surface area contributed by atoms with Crippen molar-refractivity contribution in [2.75, 3.05) is 5.43 Å². The lowest BCUT2D eigenvalue weighted by atomic mass is 10.3. The van der Waals surface area contributed by atoms with Gasteiger partial charge in [0, 0.05) is 18.8 Å². The average Bonchev–Trinajstić information content (AvgIpc) is 2.92. The molecule has 112 valence electrons. The number of rotatable bonds is 6. The van der Waals surface area contributed by atoms with Crippen molar-refractivity contribution in [2.45, 2.75) is 6.61 Å². The van der Waals surface area contributed by atoms with E-state index in [1.165, 1.54) is 0 Å². The van der Waals surface area contributed by atoms with E-state index in [-0.39, 0.29) is 5.71 Å². The van der Waals surface area contributed by atoms with Gasteiger partial charge in [-0.1, -0.05) is 12.1 Å². The zero-order chi connectivity index (χ0) is 15.9. The maximum absolute atomic E-state index is 8.82. The highest BCUT2D eigenvalue weighted by Crippen LogP contribution is 2.24. The second-order valence-electron chi connectivity index (χ2n) is 4.40. The topological polar surface area (TPSA) is 125 Å². The fourth-order valence-corrected chi connectivity index (χ4v) is 1.65. The fraction of sp³-hybridized carbons (Fsp3) is 0.143. The molecule has 0 fully saturated rings. The summed E-state index contributed by atoms with van der Waals surface area (Å²) in [6, 6.07) is 8.88. The number of nitrogens with zero attached hydrogens (tertiary/aromatic N) is 4. The maximum Gasteiger partial charge on any atom is 0.201 e. The van der Waals surface area contributed by atoms with Crippen LogP contribution in [0.4, 0.5) is 5.69 Å². The van der Waals surface area contributed by atoms with Crippen LogP contribution in [-0.2, 0) is 13.7 Å². The molecular formula is C14H15N7O. The number of benzene rings is 1. The van der Waals surface area contributed by atoms with Gasteiger partial charge in [-0.15, -0.1) is 0 Å². The molecule has 0 aliphatic heterocycles. The molecule has 0 saturated carbocycles. The van der Waals surface area contributed by atoms with Gasteiger partial charge < -0.3 is 10.5 Å². The van der Waals surface area contributed by atoms with Gasteiger partial charge in [-0.05, 0) is 12.1 Å². The molecule has 0 aliphatic carbocycles. The van der Waals surface area contributed by atoms with Crippen LogP contribution in [-0.4, -0.2) is 21.3 Å². The minimum atomic E-state index is -0.399. The van der Waals surface area contributed by atoms with Crippen molar-refractivity contribution in [3.8, 4) is 11.8 Å². The predicted octanol–water partition coefficient (Wildman–Crippen LogP) is 1.23. The van der Waals surface area contributed by atoms with Crippen LogP contribution in [0.1, 0.15) is 5.56 Å². The van der Waals surface area contributed by atoms with E-state index in [4.69, 9.17) is 21.1 Å². The van der Waals surface area contributed by atoms with Crippen molar-refractivity contribution in [3.05, 3.63) is 42.2 Å². The van der Waals surface area contributed by atoms with E-state index in [1.54, 1.807) is 35.1 Å². The number of nitrogens with one attached hydrogen (secondary N) is 2. The summed E-state index contributed by atoms with van der Waals surface area (Å²) in [5, 5.41) is 23.9. The quantitative estimate of drug-likeness (QED) is 0.420. The highest BCUT2D eigenvalue weighted by atomic mass is 16.5. The van der Waals surface area contributed by atoms with Gasteiger partial charge in [0.15, 0.2) is 5.84 Å². The molecule has 0 unspecified atom stereocenters. The van der Waals surface area contributed by atoms with Gasteiger partial charge in [0.05, 0.1) is 11.9 Å². The number of nitrogens with two attached hydrogens (primary N) is 1. The van der Waals surface area contributed by atoms with E-state index < -0.39 is 5.84 Å². The van der Waals surface area contributed by atoms with Crippen LogP contribution in [0.5, 0.6) is 5.75 Å². The van der Waals surface area contributed by atoms with E-state index >= 15 is 0 Å². The predicted molar refractivity (Wildman–Crippen MR) is 82.6 cm³/mol. The molecule has 8 nitrogen and oxygen atoms in total. The Bertz CT molecular complexity index is 742. The largest absolute Gasteiger partial charge is 0.487 e. The Morgan fingerprint density at radius 1 is 1.55 bits per heavy atom. The summed E-state index contributed by atoms with van der Waals surface area (Å²) >= 11 is 0. The van der Waals surface area contributed by atoms with Gasteiger partial charge in [-0.3, -0.25) is 15.5 Å². The van der Waals surface area contributed by atoms with E-state index in [0.29, 0.717) is 18.0 Å². The normalized spacial score (nSPS) is 10.8. The molecule has 8 heteroatoms. The first-order chi connectivity index (χ1) is 10.6. The second-order valence-corrected chi connectivity index (χ2v) is 4.40. The number of ether oxygens (including phenoxy) is 1. The summed E-state index contributed by atoms with van der Waals surface area (Å²) in [6.07, 6.45) is 3.58. The van der Waals surface area contributed by atoms with Crippen LogP contribution in [0, 0.1) is 16.7 Å². The maximum atomic E-state index is 8.82. The zero-order valence-corrected chi connectivity index (χ0v) is 11.9. The lowest BCUT2D eigenvalue weighted by Crippen LogP contribution is -2.21. The van der Waals surface area contributed by atoms with Crippen molar-refractivity contribution < 1.29 is 4.74 Å². The smallest absolute Gasteiger partial charge is 0.201 e. The van der Waals surface area contributed by atoms with Crippen molar-refractivity contribution in [1.82, 2.24) is 9.78 Å². The van der Waals surface area contributed by atoms with E-state index in [9.17, 15) is 0 Å². The molecule has 4 N–H and O–H groups in total. The standard InChI is InChI=1S/C14H15N7O/c1-21-8-10(7-18-21)9-22-13-5-3-2-4-11(13)19-20-12(6-15)14(16)17/h2-5,7-8,19H,9H2,1H3,(H3,16,17)/b20-12+. The number of hydrazone groups is 1. The Kier molecular flexibility index (Phi) is 4.72. The summed E-state index contributed by atoms with van der Waals surface area (Å²) in [4.78, 5) is 0. The first-order valence-corrected chi connectivity index (χ1v) is 6.37. The van der Waals surface area contributed by atoms with Crippen LogP contribution >= 0.6 is 0 Å². The molecule has 0 radical (unpaired) electrons. The van der Waals surface area contributed by atoms with Crippen LogP contribution < -0.4 is 15.9 Å². The van der Waals surface area contributed by atoms with Crippen LogP contribution in [0.15, 0.2) is 41.8 Å². The number of anilines is 1. The van der Waals surface area contributed by atoms with Crippen LogP contribution in [0.25, 0.3) is 0 Å². The molecule has 2 aromatic rings. The molecule has 2 rings (SSSR count). The summed E-state index contributed by atoms with van der Waals surface area (Å²) in [5.74, 6) is 0.166. The lowest BCUT2D eigenvalue weighted by molar-refractivity contribution is 0.307. The Labute approximate surface area is 127 Å². The number of hydrogen-bond donors (Lipinski definition) is 3. The van der Waals surface area contributed by atoms with Crippen molar-refractivity contribution in [3.63, 3.8) is 0 Å². The molecule has 1 aromatic heterocycles. The molecule has 0 amide bonds. The van der Waals surface area contributed by atoms with Crippen LogP contribution in [0.3, 0.4) is 0 Å². The molecule has 22 heavy (non-hydrogen) atoms. The molecule has 0 bridgehead atoms. The molecule has 1 heterocycles. The third-order valence-corrected chi connectivity index (χ3v) is 2.69. The molecule has 0 atom stereocenters. The van der Waals surface area contributed by atoms with Crippen LogP contribution in [0.2, 0.25) is 0 Å². The van der Waals surface area contributed by atoms with Gasteiger partial charge >= 0.3 is 0 Å². The number of aromatic nitrogens is 2. The third kappa shape index (κ3) is 3.83. The monoisotopic (exact) mass is 297 g/mol. The fourth-order valence-electron chi connectivity index (χ4n) is 1.65. The van der Waals surface area contributed by atoms with Gasteiger partial charge in [-0.25, -0.2) is 0 Å². The van der Waals surface area contributed by atoms with Crippen molar-refractivity contribution in [2.24, 2.45) is 17.9 Å². The molecule has 1 aromatic carbocycles. The number of aryl methyl sites for hydroxylation is 1. The number of para-hydroxylation sites is 2. The molecule has 0 spiro atoms. The molecular weight excluding hydrogens is 282 g/mol. The highest BCUT2D eigenvalue weighted by Gasteiger charge is 2.05. The van der Waals surface area contributed by atoms with Gasteiger partial charge in [-0.2, -0.15) is 15.5 Å². The summed E-state index contributed by atoms with van der Waals surface area (Å²) < 4.78 is 7.40. The zero-order valence-electron chi connectivity index (χ0n) is 11.9. The summed E-state index contributed by atoms with van der Waals surface area (Å²) in [7, 11) is 1.83. The van der Waals surface area contributed by atoms with E-state index in [2.05, 4.69) is 15.6 Å². The Balaban J connectivity index is 2.10. The van der Waals surface area contributed by atoms with E-state index in [0.717, 1.165) is 5.56 Å². The molecule has 0 saturated heterocycles. The van der Waals surface area contributed by atoms with Crippen molar-refractivity contribution in [1.29, 1.82) is 10.7 Å². The summed E-state index contributed by atoms with van der Waals surface area (Å²) in [6.45, 7) is 0.355. The highest BCUT2D eigenvalue weighted by molar-refractivity contribution is 6.45. The Morgan fingerprint density at radius 3 is 2.95 bits per heavy atom. The number of hydrogen-bond acceptors (Lipinski definition) is 6. The Morgan fingerprint density at radius 2 is 2.32 bits per heavy atom.